The third-order valence-electron chi connectivity index (χ3n) is 2.21. The molecule has 0 atom stereocenters. The third kappa shape index (κ3) is 3.21. The van der Waals surface area contributed by atoms with Gasteiger partial charge in [0.15, 0.2) is 11.6 Å². The Balaban J connectivity index is 3.18. The van der Waals surface area contributed by atoms with Crippen LogP contribution in [0.3, 0.4) is 0 Å². The van der Waals surface area contributed by atoms with Crippen molar-refractivity contribution in [3.8, 4) is 0 Å². The summed E-state index contributed by atoms with van der Waals surface area (Å²) in [6.45, 7) is 1.57. The second-order valence-electron chi connectivity index (χ2n) is 3.47. The molecule has 0 spiro atoms. The van der Waals surface area contributed by atoms with Crippen LogP contribution in [0.4, 0.5) is 8.78 Å². The molecule has 1 rings (SSSR count). The van der Waals surface area contributed by atoms with Crippen LogP contribution in [-0.4, -0.2) is 30.8 Å². The van der Waals surface area contributed by atoms with E-state index >= 15 is 0 Å². The van der Waals surface area contributed by atoms with Crippen molar-refractivity contribution in [1.82, 2.24) is 4.31 Å². The summed E-state index contributed by atoms with van der Waals surface area (Å²) in [5, 5.41) is 0. The highest BCUT2D eigenvalue weighted by Gasteiger charge is 2.24. The van der Waals surface area contributed by atoms with Gasteiger partial charge in [0.2, 0.25) is 10.0 Å². The van der Waals surface area contributed by atoms with Crippen LogP contribution in [0.5, 0.6) is 0 Å². The summed E-state index contributed by atoms with van der Waals surface area (Å²) in [6.07, 6.45) is 0. The molecule has 0 unspecified atom stereocenters. The normalized spacial score (nSPS) is 11.8. The lowest BCUT2D eigenvalue weighted by molar-refractivity contribution is 0.464. The van der Waals surface area contributed by atoms with Gasteiger partial charge in [0, 0.05) is 6.54 Å². The molecule has 0 aliphatic carbocycles. The Morgan fingerprint density at radius 2 is 2.00 bits per heavy atom. The highest BCUT2D eigenvalue weighted by Crippen LogP contribution is 2.18. The van der Waals surface area contributed by atoms with Crippen LogP contribution in [0.1, 0.15) is 6.92 Å². The number of sulfonamides is 1. The van der Waals surface area contributed by atoms with E-state index in [-0.39, 0.29) is 23.0 Å². The largest absolute Gasteiger partial charge is 0.392 e. The Kier molecular flexibility index (Phi) is 4.71. The van der Waals surface area contributed by atoms with E-state index in [1.807, 2.05) is 0 Å². The molecule has 0 fully saturated rings. The smallest absolute Gasteiger partial charge is 0.243 e. The van der Waals surface area contributed by atoms with Crippen molar-refractivity contribution in [3.63, 3.8) is 0 Å². The Bertz CT molecular complexity index is 561. The van der Waals surface area contributed by atoms with Gasteiger partial charge < -0.3 is 5.73 Å². The van der Waals surface area contributed by atoms with Crippen molar-refractivity contribution in [2.45, 2.75) is 11.8 Å². The lowest BCUT2D eigenvalue weighted by atomic mass is 10.3. The van der Waals surface area contributed by atoms with E-state index < -0.39 is 21.7 Å². The Labute approximate surface area is 109 Å². The summed E-state index contributed by atoms with van der Waals surface area (Å²) >= 11 is 4.64. The van der Waals surface area contributed by atoms with E-state index in [1.54, 1.807) is 6.92 Å². The van der Waals surface area contributed by atoms with Crippen LogP contribution >= 0.6 is 12.2 Å². The summed E-state index contributed by atoms with van der Waals surface area (Å²) in [5.74, 6) is -2.33. The van der Waals surface area contributed by atoms with E-state index in [2.05, 4.69) is 12.2 Å². The summed E-state index contributed by atoms with van der Waals surface area (Å²) < 4.78 is 50.9. The molecule has 0 aliphatic heterocycles. The maximum atomic E-state index is 13.0. The van der Waals surface area contributed by atoms with Gasteiger partial charge in [0.05, 0.1) is 16.4 Å². The molecule has 0 heterocycles. The van der Waals surface area contributed by atoms with Crippen molar-refractivity contribution >= 4 is 27.2 Å². The number of benzene rings is 1. The van der Waals surface area contributed by atoms with Crippen molar-refractivity contribution in [3.05, 3.63) is 29.8 Å². The Morgan fingerprint density at radius 3 is 2.44 bits per heavy atom. The first-order chi connectivity index (χ1) is 8.28. The Hall–Kier alpha value is -1.12. The molecular weight excluding hydrogens is 282 g/mol. The van der Waals surface area contributed by atoms with Crippen LogP contribution in [0.25, 0.3) is 0 Å². The van der Waals surface area contributed by atoms with Gasteiger partial charge >= 0.3 is 0 Å². The molecule has 1 aromatic carbocycles. The summed E-state index contributed by atoms with van der Waals surface area (Å²) in [4.78, 5) is -0.331. The number of halogens is 2. The van der Waals surface area contributed by atoms with Crippen LogP contribution in [0, 0.1) is 11.6 Å². The predicted molar refractivity (Wildman–Crippen MR) is 67.6 cm³/mol. The average Bonchev–Trinajstić information content (AvgIpc) is 2.28. The van der Waals surface area contributed by atoms with E-state index in [4.69, 9.17) is 5.73 Å². The molecule has 1 aromatic rings. The first-order valence-electron chi connectivity index (χ1n) is 5.02. The standard InChI is InChI=1S/C10H12F2N2O2S2/c1-2-14(6-10(13)17)18(15,16)7-3-4-8(11)9(12)5-7/h3-5H,2,6H2,1H3,(H2,13,17). The predicted octanol–water partition coefficient (Wildman–Crippen LogP) is 1.26. The van der Waals surface area contributed by atoms with Gasteiger partial charge in [0.25, 0.3) is 0 Å². The molecule has 0 aromatic heterocycles. The van der Waals surface area contributed by atoms with Crippen molar-refractivity contribution < 1.29 is 17.2 Å². The summed E-state index contributed by atoms with van der Waals surface area (Å²) in [6, 6.07) is 2.39. The van der Waals surface area contributed by atoms with Crippen LogP contribution in [-0.2, 0) is 10.0 Å². The van der Waals surface area contributed by atoms with Crippen LogP contribution < -0.4 is 5.73 Å². The minimum absolute atomic E-state index is 0.00279. The van der Waals surface area contributed by atoms with Gasteiger partial charge in [-0.25, -0.2) is 17.2 Å². The van der Waals surface area contributed by atoms with Gasteiger partial charge in [-0.05, 0) is 18.2 Å². The van der Waals surface area contributed by atoms with E-state index in [1.165, 1.54) is 0 Å². The molecule has 0 amide bonds. The van der Waals surface area contributed by atoms with Crippen molar-refractivity contribution in [2.75, 3.05) is 13.1 Å². The maximum Gasteiger partial charge on any atom is 0.243 e. The summed E-state index contributed by atoms with van der Waals surface area (Å²) in [5.41, 5.74) is 5.29. The highest BCUT2D eigenvalue weighted by atomic mass is 32.2. The number of hydrogen-bond donors (Lipinski definition) is 1. The van der Waals surface area contributed by atoms with E-state index in [9.17, 15) is 17.2 Å². The van der Waals surface area contributed by atoms with E-state index in [0.717, 1.165) is 16.4 Å². The van der Waals surface area contributed by atoms with Gasteiger partial charge in [-0.3, -0.25) is 0 Å². The lowest BCUT2D eigenvalue weighted by Gasteiger charge is -2.19. The van der Waals surface area contributed by atoms with Crippen molar-refractivity contribution in [1.29, 1.82) is 0 Å². The fourth-order valence-corrected chi connectivity index (χ4v) is 3.00. The first-order valence-corrected chi connectivity index (χ1v) is 6.87. The monoisotopic (exact) mass is 294 g/mol. The van der Waals surface area contributed by atoms with Gasteiger partial charge in [-0.2, -0.15) is 4.31 Å². The molecule has 0 radical (unpaired) electrons. The molecule has 4 nitrogen and oxygen atoms in total. The average molecular weight is 294 g/mol. The lowest BCUT2D eigenvalue weighted by Crippen LogP contribution is -2.37. The zero-order chi connectivity index (χ0) is 13.9. The fraction of sp³-hybridized carbons (Fsp3) is 0.300. The van der Waals surface area contributed by atoms with Crippen LogP contribution in [0.2, 0.25) is 0 Å². The molecule has 0 bridgehead atoms. The van der Waals surface area contributed by atoms with Crippen molar-refractivity contribution in [2.24, 2.45) is 5.73 Å². The van der Waals surface area contributed by atoms with Gasteiger partial charge in [-0.15, -0.1) is 0 Å². The summed E-state index contributed by atoms with van der Waals surface area (Å²) in [7, 11) is -3.93. The Morgan fingerprint density at radius 1 is 1.39 bits per heavy atom. The second-order valence-corrected chi connectivity index (χ2v) is 5.94. The highest BCUT2D eigenvalue weighted by molar-refractivity contribution is 7.89. The zero-order valence-corrected chi connectivity index (χ0v) is 11.2. The van der Waals surface area contributed by atoms with Crippen LogP contribution in [0.15, 0.2) is 23.1 Å². The molecule has 0 aliphatic rings. The second kappa shape index (κ2) is 5.68. The molecule has 8 heteroatoms. The number of thiocarbonyl (C=S) groups is 1. The minimum Gasteiger partial charge on any atom is -0.392 e. The topological polar surface area (TPSA) is 63.4 Å². The minimum atomic E-state index is -3.93. The number of hydrogen-bond acceptors (Lipinski definition) is 3. The van der Waals surface area contributed by atoms with Gasteiger partial charge in [0.1, 0.15) is 0 Å². The SMILES string of the molecule is CCN(CC(N)=S)S(=O)(=O)c1ccc(F)c(F)c1. The first kappa shape index (κ1) is 14.9. The molecular formula is C10H12F2N2O2S2. The van der Waals surface area contributed by atoms with Gasteiger partial charge in [-0.1, -0.05) is 19.1 Å². The number of nitrogens with zero attached hydrogens (tertiary/aromatic N) is 1. The molecule has 100 valence electrons. The zero-order valence-electron chi connectivity index (χ0n) is 9.56. The molecule has 2 N–H and O–H groups in total. The molecule has 0 saturated carbocycles. The number of rotatable bonds is 5. The number of likely N-dealkylation sites (N-methyl/N-ethyl adjacent to an activating group) is 1. The molecule has 0 saturated heterocycles. The van der Waals surface area contributed by atoms with E-state index in [0.29, 0.717) is 6.07 Å². The quantitative estimate of drug-likeness (QED) is 0.831. The number of nitrogens with two attached hydrogens (primary N) is 1. The third-order valence-corrected chi connectivity index (χ3v) is 4.26. The molecule has 18 heavy (non-hydrogen) atoms. The maximum absolute atomic E-state index is 13.0. The fourth-order valence-electron chi connectivity index (χ4n) is 1.33.